The van der Waals surface area contributed by atoms with Crippen molar-refractivity contribution in [1.82, 2.24) is 4.90 Å². The fraction of sp³-hybridized carbons (Fsp3) is 0.500. The van der Waals surface area contributed by atoms with Crippen molar-refractivity contribution in [2.45, 2.75) is 25.7 Å². The molecule has 0 heterocycles. The van der Waals surface area contributed by atoms with Crippen LogP contribution >= 0.6 is 27.7 Å². The summed E-state index contributed by atoms with van der Waals surface area (Å²) in [5.74, 6) is -0.203. The van der Waals surface area contributed by atoms with E-state index in [-0.39, 0.29) is 17.8 Å². The number of ether oxygens (including phenoxy) is 1. The molecule has 4 nitrogen and oxygen atoms in total. The van der Waals surface area contributed by atoms with Crippen LogP contribution in [0.5, 0.6) is 0 Å². The molecule has 6 heteroatoms. The second-order valence-electron chi connectivity index (χ2n) is 5.06. The number of thioether (sulfide) groups is 1. The van der Waals surface area contributed by atoms with Crippen LogP contribution < -0.4 is 0 Å². The average Bonchev–Trinajstić information content (AvgIpc) is 2.50. The SMILES string of the molecule is CCN(CC(C)C(=O)OC)C(=O)CSc1ccc(Br)cc1C. The third-order valence-electron chi connectivity index (χ3n) is 3.32. The van der Waals surface area contributed by atoms with E-state index >= 15 is 0 Å². The van der Waals surface area contributed by atoms with Gasteiger partial charge < -0.3 is 9.64 Å². The van der Waals surface area contributed by atoms with Crippen LogP contribution in [0.15, 0.2) is 27.6 Å². The summed E-state index contributed by atoms with van der Waals surface area (Å²) < 4.78 is 5.74. The summed E-state index contributed by atoms with van der Waals surface area (Å²) >= 11 is 4.95. The van der Waals surface area contributed by atoms with Gasteiger partial charge in [-0.2, -0.15) is 0 Å². The molecule has 1 unspecified atom stereocenters. The van der Waals surface area contributed by atoms with Gasteiger partial charge in [0.25, 0.3) is 0 Å². The normalized spacial score (nSPS) is 11.9. The Bertz CT molecular complexity index is 536. The van der Waals surface area contributed by atoms with Crippen LogP contribution in [0.2, 0.25) is 0 Å². The first kappa shape index (κ1) is 19.0. The molecule has 0 radical (unpaired) electrons. The smallest absolute Gasteiger partial charge is 0.310 e. The van der Waals surface area contributed by atoms with Gasteiger partial charge in [-0.15, -0.1) is 11.8 Å². The van der Waals surface area contributed by atoms with Gasteiger partial charge in [-0.25, -0.2) is 0 Å². The van der Waals surface area contributed by atoms with Crippen LogP contribution in [0.3, 0.4) is 0 Å². The highest BCUT2D eigenvalue weighted by molar-refractivity contribution is 9.10. The van der Waals surface area contributed by atoms with Crippen molar-refractivity contribution in [1.29, 1.82) is 0 Å². The number of nitrogens with zero attached hydrogens (tertiary/aromatic N) is 1. The maximum atomic E-state index is 12.3. The Kier molecular flexibility index (Phi) is 7.96. The van der Waals surface area contributed by atoms with Crippen LogP contribution in [0.4, 0.5) is 0 Å². The molecule has 122 valence electrons. The lowest BCUT2D eigenvalue weighted by Gasteiger charge is -2.23. The molecule has 1 aromatic carbocycles. The van der Waals surface area contributed by atoms with Crippen molar-refractivity contribution >= 4 is 39.6 Å². The molecule has 1 rings (SSSR count). The van der Waals surface area contributed by atoms with E-state index in [2.05, 4.69) is 15.9 Å². The van der Waals surface area contributed by atoms with Crippen molar-refractivity contribution in [3.63, 3.8) is 0 Å². The molecule has 0 aliphatic rings. The van der Waals surface area contributed by atoms with Crippen LogP contribution in [-0.2, 0) is 14.3 Å². The standard InChI is InChI=1S/C16H22BrNO3S/c1-5-18(9-12(3)16(20)21-4)15(19)10-22-14-7-6-13(17)8-11(14)2/h6-8,12H,5,9-10H2,1-4H3. The fourth-order valence-electron chi connectivity index (χ4n) is 2.02. The van der Waals surface area contributed by atoms with E-state index in [1.54, 1.807) is 11.8 Å². The summed E-state index contributed by atoms with van der Waals surface area (Å²) in [6, 6.07) is 6.01. The lowest BCUT2D eigenvalue weighted by molar-refractivity contribution is -0.146. The number of hydrogen-bond acceptors (Lipinski definition) is 4. The highest BCUT2D eigenvalue weighted by atomic mass is 79.9. The highest BCUT2D eigenvalue weighted by Crippen LogP contribution is 2.25. The Morgan fingerprint density at radius 2 is 2.09 bits per heavy atom. The largest absolute Gasteiger partial charge is 0.469 e. The highest BCUT2D eigenvalue weighted by Gasteiger charge is 2.20. The maximum Gasteiger partial charge on any atom is 0.310 e. The second-order valence-corrected chi connectivity index (χ2v) is 6.99. The number of methoxy groups -OCH3 is 1. The molecule has 0 aromatic heterocycles. The summed E-state index contributed by atoms with van der Waals surface area (Å²) in [6.45, 7) is 6.68. The molecule has 0 saturated heterocycles. The zero-order chi connectivity index (χ0) is 16.7. The minimum Gasteiger partial charge on any atom is -0.469 e. The Balaban J connectivity index is 2.60. The summed E-state index contributed by atoms with van der Waals surface area (Å²) in [5, 5.41) is 0. The number of esters is 1. The Hall–Kier alpha value is -1.01. The van der Waals surface area contributed by atoms with Crippen molar-refractivity contribution in [3.05, 3.63) is 28.2 Å². The molecule has 1 atom stereocenters. The second kappa shape index (κ2) is 9.20. The quantitative estimate of drug-likeness (QED) is 0.530. The minimum atomic E-state index is -0.312. The number of hydrogen-bond donors (Lipinski definition) is 0. The summed E-state index contributed by atoms with van der Waals surface area (Å²) in [4.78, 5) is 26.6. The van der Waals surface area contributed by atoms with Crippen molar-refractivity contribution < 1.29 is 14.3 Å². The monoisotopic (exact) mass is 387 g/mol. The van der Waals surface area contributed by atoms with Crippen molar-refractivity contribution in [3.8, 4) is 0 Å². The van der Waals surface area contributed by atoms with E-state index in [9.17, 15) is 9.59 Å². The third kappa shape index (κ3) is 5.65. The predicted octanol–water partition coefficient (Wildman–Crippen LogP) is 3.51. The fourth-order valence-corrected chi connectivity index (χ4v) is 3.41. The topological polar surface area (TPSA) is 46.6 Å². The Morgan fingerprint density at radius 3 is 2.64 bits per heavy atom. The van der Waals surface area contributed by atoms with E-state index in [1.807, 2.05) is 32.0 Å². The molecule has 22 heavy (non-hydrogen) atoms. The van der Waals surface area contributed by atoms with Crippen LogP contribution in [0, 0.1) is 12.8 Å². The molecule has 0 aliphatic carbocycles. The van der Waals surface area contributed by atoms with Gasteiger partial charge in [0.05, 0.1) is 18.8 Å². The van der Waals surface area contributed by atoms with Gasteiger partial charge in [0.2, 0.25) is 5.91 Å². The number of carbonyl (C=O) groups is 2. The lowest BCUT2D eigenvalue weighted by atomic mass is 10.1. The predicted molar refractivity (Wildman–Crippen MR) is 93.0 cm³/mol. The van der Waals surface area contributed by atoms with Gasteiger partial charge in [0, 0.05) is 22.5 Å². The van der Waals surface area contributed by atoms with E-state index in [1.165, 1.54) is 18.9 Å². The minimum absolute atomic E-state index is 0.0329. The van der Waals surface area contributed by atoms with Gasteiger partial charge >= 0.3 is 5.97 Å². The number of aryl methyl sites for hydroxylation is 1. The molecular formula is C16H22BrNO3S. The zero-order valence-electron chi connectivity index (χ0n) is 13.4. The molecule has 0 N–H and O–H groups in total. The molecule has 1 aromatic rings. The maximum absolute atomic E-state index is 12.3. The molecule has 1 amide bonds. The van der Waals surface area contributed by atoms with Crippen LogP contribution in [0.1, 0.15) is 19.4 Å². The number of halogens is 1. The first-order valence-corrected chi connectivity index (χ1v) is 8.91. The summed E-state index contributed by atoms with van der Waals surface area (Å²) in [7, 11) is 1.36. The van der Waals surface area contributed by atoms with E-state index in [0.717, 1.165) is 14.9 Å². The van der Waals surface area contributed by atoms with Gasteiger partial charge in [0.1, 0.15) is 0 Å². The first-order valence-electron chi connectivity index (χ1n) is 7.13. The molecule has 0 saturated carbocycles. The van der Waals surface area contributed by atoms with Crippen molar-refractivity contribution in [2.24, 2.45) is 5.92 Å². The van der Waals surface area contributed by atoms with Crippen molar-refractivity contribution in [2.75, 3.05) is 26.0 Å². The third-order valence-corrected chi connectivity index (χ3v) is 4.97. The number of benzene rings is 1. The summed E-state index contributed by atoms with van der Waals surface area (Å²) in [6.07, 6.45) is 0. The van der Waals surface area contributed by atoms with Crippen LogP contribution in [-0.4, -0.2) is 42.7 Å². The molecule has 0 aliphatic heterocycles. The van der Waals surface area contributed by atoms with Crippen LogP contribution in [0.25, 0.3) is 0 Å². The number of amides is 1. The molecule has 0 spiro atoms. The molecule has 0 bridgehead atoms. The van der Waals surface area contributed by atoms with E-state index < -0.39 is 0 Å². The molecular weight excluding hydrogens is 366 g/mol. The van der Waals surface area contributed by atoms with Gasteiger partial charge in [-0.05, 0) is 37.6 Å². The number of rotatable bonds is 7. The van der Waals surface area contributed by atoms with Gasteiger partial charge in [-0.1, -0.05) is 22.9 Å². The van der Waals surface area contributed by atoms with Gasteiger partial charge in [-0.3, -0.25) is 9.59 Å². The lowest BCUT2D eigenvalue weighted by Crippen LogP contribution is -2.38. The Labute approximate surface area is 144 Å². The molecule has 0 fully saturated rings. The first-order chi connectivity index (χ1) is 10.4. The van der Waals surface area contributed by atoms with E-state index in [0.29, 0.717) is 18.8 Å². The van der Waals surface area contributed by atoms with Gasteiger partial charge in [0.15, 0.2) is 0 Å². The average molecular weight is 388 g/mol. The zero-order valence-corrected chi connectivity index (χ0v) is 15.8. The van der Waals surface area contributed by atoms with E-state index in [4.69, 9.17) is 4.74 Å². The Morgan fingerprint density at radius 1 is 1.41 bits per heavy atom. The number of carbonyl (C=O) groups excluding carboxylic acids is 2. The summed E-state index contributed by atoms with van der Waals surface area (Å²) in [5.41, 5.74) is 1.14.